The number of rotatable bonds is 7. The molecule has 0 fully saturated rings. The Labute approximate surface area is 261 Å². The zero-order valence-corrected chi connectivity index (χ0v) is 26.3. The minimum absolute atomic E-state index is 0.563. The van der Waals surface area contributed by atoms with Gasteiger partial charge in [-0.1, -0.05) is 146 Å². The first kappa shape index (κ1) is 27.2. The minimum Gasteiger partial charge on any atom is -0.0616 e. The first-order valence-corrected chi connectivity index (χ1v) is 18.3. The van der Waals surface area contributed by atoms with Gasteiger partial charge in [-0.15, -0.1) is 0 Å². The van der Waals surface area contributed by atoms with Gasteiger partial charge < -0.3 is 0 Å². The van der Waals surface area contributed by atoms with Crippen molar-refractivity contribution in [3.05, 3.63) is 170 Å². The summed E-state index contributed by atoms with van der Waals surface area (Å²) in [5.74, 6) is 0. The fraction of sp³-hybridized carbons (Fsp3) is 0.0476. The van der Waals surface area contributed by atoms with Gasteiger partial charge in [0.1, 0.15) is 0 Å². The van der Waals surface area contributed by atoms with Crippen molar-refractivity contribution < 1.29 is 0 Å². The Balaban J connectivity index is 1.23. The van der Waals surface area contributed by atoms with Crippen LogP contribution in [0.5, 0.6) is 0 Å². The van der Waals surface area contributed by atoms with Crippen LogP contribution < -0.4 is 21.2 Å². The van der Waals surface area contributed by atoms with Gasteiger partial charge in [-0.25, -0.2) is 0 Å². The molecule has 0 spiro atoms. The van der Waals surface area contributed by atoms with E-state index in [0.29, 0.717) is 0 Å². The van der Waals surface area contributed by atoms with E-state index in [1.54, 1.807) is 0 Å². The zero-order chi connectivity index (χ0) is 29.3. The van der Waals surface area contributed by atoms with Gasteiger partial charge in [0.15, 0.2) is 0 Å². The smallest absolute Gasteiger partial charge is 0.0178 e. The molecule has 8 aromatic rings. The van der Waals surface area contributed by atoms with E-state index in [1.807, 2.05) is 0 Å². The molecular formula is C42H32P2. The Morgan fingerprint density at radius 2 is 0.477 bits per heavy atom. The topological polar surface area (TPSA) is 0 Å². The summed E-state index contributed by atoms with van der Waals surface area (Å²) in [5, 5.41) is 16.4. The lowest BCUT2D eigenvalue weighted by Crippen LogP contribution is -2.20. The fourth-order valence-corrected chi connectivity index (χ4v) is 11.8. The van der Waals surface area contributed by atoms with Crippen LogP contribution in [0, 0.1) is 0 Å². The van der Waals surface area contributed by atoms with Gasteiger partial charge in [0, 0.05) is 0 Å². The highest BCUT2D eigenvalue weighted by Gasteiger charge is 2.21. The van der Waals surface area contributed by atoms with Crippen molar-refractivity contribution in [2.45, 2.75) is 0 Å². The van der Waals surface area contributed by atoms with Crippen LogP contribution in [0.15, 0.2) is 170 Å². The summed E-state index contributed by atoms with van der Waals surface area (Å²) in [5.41, 5.74) is 0. The first-order valence-electron chi connectivity index (χ1n) is 15.3. The molecule has 0 aromatic heterocycles. The summed E-state index contributed by atoms with van der Waals surface area (Å²) < 4.78 is 0. The Morgan fingerprint density at radius 1 is 0.250 bits per heavy atom. The first-order chi connectivity index (χ1) is 21.8. The zero-order valence-electron chi connectivity index (χ0n) is 24.5. The number of benzene rings is 8. The van der Waals surface area contributed by atoms with Gasteiger partial charge in [-0.05, 0) is 117 Å². The van der Waals surface area contributed by atoms with Crippen molar-refractivity contribution in [2.24, 2.45) is 0 Å². The van der Waals surface area contributed by atoms with E-state index in [2.05, 4.69) is 170 Å². The molecule has 0 aliphatic heterocycles. The van der Waals surface area contributed by atoms with Crippen molar-refractivity contribution in [3.8, 4) is 0 Å². The Hall–Kier alpha value is -4.34. The molecule has 44 heavy (non-hydrogen) atoms. The third-order valence-electron chi connectivity index (χ3n) is 8.73. The minimum atomic E-state index is -0.563. The summed E-state index contributed by atoms with van der Waals surface area (Å²) in [6.07, 6.45) is 2.27. The third-order valence-corrected chi connectivity index (χ3v) is 14.0. The molecule has 0 atom stereocenters. The third kappa shape index (κ3) is 5.42. The number of hydrogen-bond donors (Lipinski definition) is 0. The van der Waals surface area contributed by atoms with Gasteiger partial charge in [-0.3, -0.25) is 0 Å². The summed E-state index contributed by atoms with van der Waals surface area (Å²) in [7, 11) is -1.13. The van der Waals surface area contributed by atoms with E-state index in [9.17, 15) is 0 Å². The SMILES string of the molecule is c1ccc2cc(P(CCP(c3ccc4ccccc4c3)c3ccc4ccccc4c3)c3ccc4ccccc4c3)ccc2c1. The molecule has 210 valence electrons. The second kappa shape index (κ2) is 12.0. The lowest BCUT2D eigenvalue weighted by Gasteiger charge is -2.25. The standard InChI is InChI=1S/C42H32P2/c1-5-13-35-27-39(21-17-31(35)9-1)43(40-22-18-32-10-2-6-14-36(32)28-40)25-26-44(41-23-19-33-11-3-7-15-37(33)29-41)42-24-20-34-12-4-8-16-38(34)30-42/h1-24,27-30H,25-26H2. The van der Waals surface area contributed by atoms with Gasteiger partial charge >= 0.3 is 0 Å². The molecule has 0 saturated carbocycles. The second-order valence-electron chi connectivity index (χ2n) is 11.4. The monoisotopic (exact) mass is 598 g/mol. The van der Waals surface area contributed by atoms with Gasteiger partial charge in [0.05, 0.1) is 0 Å². The quantitative estimate of drug-likeness (QED) is 0.160. The summed E-state index contributed by atoms with van der Waals surface area (Å²) in [6.45, 7) is 0. The summed E-state index contributed by atoms with van der Waals surface area (Å²) in [6, 6.07) is 63.7. The molecule has 0 aliphatic rings. The molecule has 0 unspecified atom stereocenters. The van der Waals surface area contributed by atoms with Crippen LogP contribution in [0.4, 0.5) is 0 Å². The molecule has 0 bridgehead atoms. The van der Waals surface area contributed by atoms with Crippen LogP contribution in [0.1, 0.15) is 0 Å². The summed E-state index contributed by atoms with van der Waals surface area (Å²) in [4.78, 5) is 0. The molecule has 0 radical (unpaired) electrons. The van der Waals surface area contributed by atoms with Crippen molar-refractivity contribution in [1.29, 1.82) is 0 Å². The van der Waals surface area contributed by atoms with E-state index >= 15 is 0 Å². The van der Waals surface area contributed by atoms with Crippen LogP contribution in [0.25, 0.3) is 43.1 Å². The maximum absolute atomic E-state index is 2.45. The van der Waals surface area contributed by atoms with Crippen LogP contribution in [0.3, 0.4) is 0 Å². The van der Waals surface area contributed by atoms with E-state index in [-0.39, 0.29) is 0 Å². The maximum Gasteiger partial charge on any atom is -0.0178 e. The highest BCUT2D eigenvalue weighted by atomic mass is 31.1. The molecule has 0 aliphatic carbocycles. The average molecular weight is 599 g/mol. The van der Waals surface area contributed by atoms with Gasteiger partial charge in [0.25, 0.3) is 0 Å². The van der Waals surface area contributed by atoms with Crippen molar-refractivity contribution in [3.63, 3.8) is 0 Å². The van der Waals surface area contributed by atoms with Gasteiger partial charge in [0.2, 0.25) is 0 Å². The van der Waals surface area contributed by atoms with Crippen molar-refractivity contribution in [2.75, 3.05) is 12.3 Å². The molecule has 8 aromatic carbocycles. The number of hydrogen-bond acceptors (Lipinski definition) is 0. The van der Waals surface area contributed by atoms with E-state index in [0.717, 1.165) is 12.3 Å². The average Bonchev–Trinajstić information content (AvgIpc) is 3.09. The van der Waals surface area contributed by atoms with E-state index in [4.69, 9.17) is 0 Å². The lowest BCUT2D eigenvalue weighted by atomic mass is 10.1. The van der Waals surface area contributed by atoms with Crippen molar-refractivity contribution in [1.82, 2.24) is 0 Å². The van der Waals surface area contributed by atoms with Crippen LogP contribution in [-0.4, -0.2) is 12.3 Å². The highest BCUT2D eigenvalue weighted by Crippen LogP contribution is 2.43. The molecule has 0 amide bonds. The lowest BCUT2D eigenvalue weighted by molar-refractivity contribution is 1.51. The molecule has 2 heteroatoms. The molecule has 0 heterocycles. The molecular weight excluding hydrogens is 566 g/mol. The van der Waals surface area contributed by atoms with Crippen molar-refractivity contribution >= 4 is 80.2 Å². The Kier molecular flexibility index (Phi) is 7.41. The summed E-state index contributed by atoms with van der Waals surface area (Å²) >= 11 is 0. The fourth-order valence-electron chi connectivity index (χ4n) is 6.39. The Bertz CT molecular complexity index is 1950. The van der Waals surface area contributed by atoms with Gasteiger partial charge in [-0.2, -0.15) is 0 Å². The molecule has 8 rings (SSSR count). The van der Waals surface area contributed by atoms with E-state index in [1.165, 1.54) is 64.3 Å². The normalized spacial score (nSPS) is 11.8. The van der Waals surface area contributed by atoms with Crippen LogP contribution in [-0.2, 0) is 0 Å². The Morgan fingerprint density at radius 3 is 0.727 bits per heavy atom. The highest BCUT2D eigenvalue weighted by molar-refractivity contribution is 7.76. The van der Waals surface area contributed by atoms with E-state index < -0.39 is 15.8 Å². The van der Waals surface area contributed by atoms with Crippen LogP contribution >= 0.6 is 15.8 Å². The molecule has 0 saturated heterocycles. The largest absolute Gasteiger partial charge is 0.0616 e. The molecule has 0 nitrogen and oxygen atoms in total. The second-order valence-corrected chi connectivity index (χ2v) is 16.1. The predicted molar refractivity (Wildman–Crippen MR) is 198 cm³/mol. The van der Waals surface area contributed by atoms with Crippen LogP contribution in [0.2, 0.25) is 0 Å². The predicted octanol–water partition coefficient (Wildman–Crippen LogP) is 9.86. The molecule has 0 N–H and O–H groups in total. The number of fused-ring (bicyclic) bond motifs is 4. The maximum atomic E-state index is 2.45.